The van der Waals surface area contributed by atoms with E-state index in [0.717, 1.165) is 16.8 Å². The minimum Gasteiger partial charge on any atom is -0.504 e. The van der Waals surface area contributed by atoms with Gasteiger partial charge in [-0.2, -0.15) is 14.8 Å². The van der Waals surface area contributed by atoms with Gasteiger partial charge in [0.25, 0.3) is 0 Å². The summed E-state index contributed by atoms with van der Waals surface area (Å²) in [5.41, 5.74) is 8.59. The molecule has 1 heterocycles. The highest BCUT2D eigenvalue weighted by molar-refractivity contribution is 6.30. The Balaban J connectivity index is 0.000000227. The number of hydrogen-bond acceptors (Lipinski definition) is 3. The lowest BCUT2D eigenvalue weighted by atomic mass is 10.1. The first-order chi connectivity index (χ1) is 15.4. The van der Waals surface area contributed by atoms with Gasteiger partial charge in [-0.15, -0.1) is 0 Å². The van der Waals surface area contributed by atoms with Crippen LogP contribution >= 0.6 is 23.2 Å². The van der Waals surface area contributed by atoms with Crippen molar-refractivity contribution in [2.24, 2.45) is 0 Å². The maximum absolute atomic E-state index is 7.01. The van der Waals surface area contributed by atoms with Crippen LogP contribution in [-0.4, -0.2) is 17.3 Å². The first kappa shape index (κ1) is 24.3. The molecule has 0 spiro atoms. The third-order valence-electron chi connectivity index (χ3n) is 4.18. The second kappa shape index (κ2) is 12.0. The van der Waals surface area contributed by atoms with Crippen molar-refractivity contribution in [1.29, 1.82) is 0 Å². The van der Waals surface area contributed by atoms with E-state index in [0.29, 0.717) is 34.3 Å². The van der Waals surface area contributed by atoms with Crippen LogP contribution < -0.4 is 5.73 Å². The Bertz CT molecular complexity index is 1230. The van der Waals surface area contributed by atoms with Crippen molar-refractivity contribution < 1.29 is 4.74 Å². The second-order valence-electron chi connectivity index (χ2n) is 6.34. The molecule has 0 saturated heterocycles. The number of allylic oxidation sites excluding steroid dienone is 1. The summed E-state index contributed by atoms with van der Waals surface area (Å²) in [5, 5.41) is 7.87. The number of benzene rings is 2. The van der Waals surface area contributed by atoms with E-state index in [9.17, 15) is 0 Å². The van der Waals surface area contributed by atoms with Gasteiger partial charge in [0.05, 0.1) is 13.7 Å². The molecule has 7 nitrogen and oxygen atoms in total. The van der Waals surface area contributed by atoms with Crippen LogP contribution in [-0.2, 0) is 17.6 Å². The van der Waals surface area contributed by atoms with Crippen molar-refractivity contribution in [2.45, 2.75) is 12.8 Å². The highest BCUT2D eigenvalue weighted by Crippen LogP contribution is 2.26. The van der Waals surface area contributed by atoms with E-state index in [1.807, 2.05) is 36.4 Å². The number of aromatic nitrogens is 2. The summed E-state index contributed by atoms with van der Waals surface area (Å²) >= 11 is 11.7. The molecule has 3 N–H and O–H groups in total. The fraction of sp³-hybridized carbons (Fsp3) is 0.130. The maximum atomic E-state index is 7.01. The Morgan fingerprint density at radius 2 is 1.62 bits per heavy atom. The number of rotatable bonds is 5. The molecule has 3 aromatic rings. The molecule has 3 rings (SSSR count). The number of nitrogens with one attached hydrogen (secondary N) is 1. The van der Waals surface area contributed by atoms with Gasteiger partial charge in [0.15, 0.2) is 11.6 Å². The van der Waals surface area contributed by atoms with Gasteiger partial charge in [-0.1, -0.05) is 47.5 Å². The molecule has 0 radical (unpaired) electrons. The molecular weight excluding hydrogens is 447 g/mol. The molecule has 0 saturated carbocycles. The molecule has 0 unspecified atom stereocenters. The van der Waals surface area contributed by atoms with Gasteiger partial charge < -0.3 is 10.5 Å². The summed E-state index contributed by atoms with van der Waals surface area (Å²) in [6.45, 7) is 20.7. The van der Waals surface area contributed by atoms with Crippen molar-refractivity contribution in [3.63, 3.8) is 0 Å². The summed E-state index contributed by atoms with van der Waals surface area (Å²) in [7, 11) is 1.45. The molecule has 9 heteroatoms. The van der Waals surface area contributed by atoms with Crippen LogP contribution in [0.4, 0.5) is 11.5 Å². The summed E-state index contributed by atoms with van der Waals surface area (Å²) < 4.78 is 5.05. The topological polar surface area (TPSA) is 77.0 Å². The number of hydrogen-bond donors (Lipinski definition) is 2. The molecule has 0 atom stereocenters. The van der Waals surface area contributed by atoms with Gasteiger partial charge in [-0.25, -0.2) is 4.85 Å². The number of nitrogens with two attached hydrogens (primary N) is 1. The Hall–Kier alpha value is -3.96. The fourth-order valence-electron chi connectivity index (χ4n) is 2.71. The largest absolute Gasteiger partial charge is 0.557 e. The van der Waals surface area contributed by atoms with E-state index in [2.05, 4.69) is 24.7 Å². The fourth-order valence-corrected chi connectivity index (χ4v) is 3.14. The highest BCUT2D eigenvalue weighted by atomic mass is 35.5. The zero-order chi connectivity index (χ0) is 23.5. The number of nitrogens with zero attached hydrogens (tertiary/aromatic N) is 4. The van der Waals surface area contributed by atoms with Crippen LogP contribution in [0.25, 0.3) is 14.5 Å². The molecule has 0 fully saturated rings. The number of halogens is 2. The van der Waals surface area contributed by atoms with Crippen LogP contribution in [0.5, 0.6) is 0 Å². The monoisotopic (exact) mass is 464 g/mol. The highest BCUT2D eigenvalue weighted by Gasteiger charge is 2.15. The van der Waals surface area contributed by atoms with E-state index < -0.39 is 0 Å². The zero-order valence-corrected chi connectivity index (χ0v) is 18.6. The van der Waals surface area contributed by atoms with Crippen molar-refractivity contribution in [1.82, 2.24) is 10.2 Å². The summed E-state index contributed by atoms with van der Waals surface area (Å²) in [5.74, 6) is 0.571. The van der Waals surface area contributed by atoms with Crippen molar-refractivity contribution in [3.05, 3.63) is 121 Å². The minimum absolute atomic E-state index is 0.0394. The molecule has 0 bridgehead atoms. The van der Waals surface area contributed by atoms with Crippen LogP contribution in [0, 0.1) is 19.7 Å². The molecule has 160 valence electrons. The SMILES string of the molecule is [C-]#[N+]C([N+]#[C-])=C(Cc1cccc(Cl)c1)OC.[C-]#[N+]c1c(N)n[nH]c1Cc1cccc(Cl)c1. The first-order valence-corrected chi connectivity index (χ1v) is 9.88. The van der Waals surface area contributed by atoms with Gasteiger partial charge in [0.2, 0.25) is 5.69 Å². The first-order valence-electron chi connectivity index (χ1n) is 9.12. The van der Waals surface area contributed by atoms with Crippen LogP contribution in [0.15, 0.2) is 60.1 Å². The summed E-state index contributed by atoms with van der Waals surface area (Å²) in [4.78, 5) is 9.57. The second-order valence-corrected chi connectivity index (χ2v) is 7.21. The molecule has 0 aliphatic rings. The number of anilines is 1. The third kappa shape index (κ3) is 6.79. The Kier molecular flexibility index (Phi) is 9.14. The predicted octanol–water partition coefficient (Wildman–Crippen LogP) is 6.32. The molecular formula is C23H18Cl2N6O. The van der Waals surface area contributed by atoms with Gasteiger partial charge in [-0.3, -0.25) is 5.10 Å². The Morgan fingerprint density at radius 3 is 2.16 bits per heavy atom. The van der Waals surface area contributed by atoms with E-state index in [1.54, 1.807) is 12.1 Å². The minimum atomic E-state index is -0.0394. The summed E-state index contributed by atoms with van der Waals surface area (Å²) in [6, 6.07) is 14.7. The molecule has 0 amide bonds. The standard InChI is InChI=1S/C12H9ClN2O.C11H9ClN4/c1-14-12(15-2)11(16-3)8-9-5-4-6-10(13)7-9;1-14-10-9(15-16-11(10)13)6-7-3-2-4-8(12)5-7/h4-7H,8H2,3H3;2-5H,6H2,(H3,13,15,16). The van der Waals surface area contributed by atoms with Crippen molar-refractivity contribution in [2.75, 3.05) is 12.8 Å². The molecule has 2 aromatic carbocycles. The summed E-state index contributed by atoms with van der Waals surface area (Å²) in [6.07, 6.45) is 0.972. The Labute approximate surface area is 196 Å². The lowest BCUT2D eigenvalue weighted by molar-refractivity contribution is 0.280. The number of ether oxygens (including phenoxy) is 1. The van der Waals surface area contributed by atoms with Gasteiger partial charge in [-0.05, 0) is 35.4 Å². The van der Waals surface area contributed by atoms with Crippen molar-refractivity contribution in [3.8, 4) is 0 Å². The van der Waals surface area contributed by atoms with Gasteiger partial charge >= 0.3 is 5.82 Å². The lowest BCUT2D eigenvalue weighted by Crippen LogP contribution is -1.95. The predicted molar refractivity (Wildman–Crippen MR) is 126 cm³/mol. The molecule has 0 aliphatic carbocycles. The maximum Gasteiger partial charge on any atom is 0.557 e. The lowest BCUT2D eigenvalue weighted by Gasteiger charge is -2.03. The zero-order valence-electron chi connectivity index (χ0n) is 17.1. The average molecular weight is 465 g/mol. The van der Waals surface area contributed by atoms with Gasteiger partial charge in [0, 0.05) is 28.6 Å². The number of methoxy groups -OCH3 is 1. The van der Waals surface area contributed by atoms with E-state index in [-0.39, 0.29) is 11.6 Å². The van der Waals surface area contributed by atoms with Crippen molar-refractivity contribution >= 4 is 34.7 Å². The number of H-pyrrole nitrogens is 1. The number of nitrogen functional groups attached to an aromatic ring is 1. The van der Waals surface area contributed by atoms with E-state index in [1.165, 1.54) is 7.11 Å². The van der Waals surface area contributed by atoms with Crippen LogP contribution in [0.2, 0.25) is 10.0 Å². The van der Waals surface area contributed by atoms with Gasteiger partial charge in [0.1, 0.15) is 13.1 Å². The molecule has 1 aromatic heterocycles. The van der Waals surface area contributed by atoms with Crippen LogP contribution in [0.3, 0.4) is 0 Å². The van der Waals surface area contributed by atoms with E-state index in [4.69, 9.17) is 53.4 Å². The molecule has 32 heavy (non-hydrogen) atoms. The van der Waals surface area contributed by atoms with E-state index >= 15 is 0 Å². The third-order valence-corrected chi connectivity index (χ3v) is 4.65. The quantitative estimate of drug-likeness (QED) is 0.342. The smallest absolute Gasteiger partial charge is 0.504 e. The average Bonchev–Trinajstić information content (AvgIpc) is 3.13. The van der Waals surface area contributed by atoms with Crippen LogP contribution in [0.1, 0.15) is 16.8 Å². The normalized spacial score (nSPS) is 9.38. The molecule has 0 aliphatic heterocycles. The number of aromatic amines is 1. The Morgan fingerprint density at radius 1 is 1.03 bits per heavy atom.